The van der Waals surface area contributed by atoms with Gasteiger partial charge in [0, 0.05) is 5.41 Å². The first-order valence-corrected chi connectivity index (χ1v) is 6.17. The van der Waals surface area contributed by atoms with Crippen LogP contribution in [-0.4, -0.2) is 17.0 Å². The molecule has 0 unspecified atom stereocenters. The number of aliphatic hydroxyl groups excluding tert-OH is 1. The molecule has 0 radical (unpaired) electrons. The van der Waals surface area contributed by atoms with Crippen molar-refractivity contribution >= 4 is 5.78 Å². The van der Waals surface area contributed by atoms with Crippen molar-refractivity contribution < 1.29 is 9.90 Å². The fraction of sp³-hybridized carbons (Fsp3) is 0.786. The number of rotatable bonds is 0. The molecular formula is C14H22O2. The molecule has 0 bridgehead atoms. The second-order valence-electron chi connectivity index (χ2n) is 6.47. The molecule has 0 aliphatic heterocycles. The number of hydrogen-bond donors (Lipinski definition) is 1. The van der Waals surface area contributed by atoms with E-state index in [-0.39, 0.29) is 22.7 Å². The van der Waals surface area contributed by atoms with Crippen LogP contribution in [0.3, 0.4) is 0 Å². The second kappa shape index (κ2) is 3.43. The SMILES string of the molecule is CC1=CC[C@H]2C(C)(C)C[C@@H](O)C[C@]2(C)C1=O. The van der Waals surface area contributed by atoms with Crippen LogP contribution >= 0.6 is 0 Å². The van der Waals surface area contributed by atoms with E-state index in [0.717, 1.165) is 18.4 Å². The van der Waals surface area contributed by atoms with Gasteiger partial charge in [0.1, 0.15) is 0 Å². The Labute approximate surface area is 97.7 Å². The number of carbonyl (C=O) groups is 1. The predicted molar refractivity (Wildman–Crippen MR) is 64.0 cm³/mol. The van der Waals surface area contributed by atoms with E-state index in [2.05, 4.69) is 19.9 Å². The Hall–Kier alpha value is -0.630. The predicted octanol–water partition coefficient (Wildman–Crippen LogP) is 2.71. The van der Waals surface area contributed by atoms with Crippen LogP contribution in [0.4, 0.5) is 0 Å². The first-order chi connectivity index (χ1) is 7.27. The summed E-state index contributed by atoms with van der Waals surface area (Å²) >= 11 is 0. The molecular weight excluding hydrogens is 200 g/mol. The minimum Gasteiger partial charge on any atom is -0.393 e. The van der Waals surface area contributed by atoms with Crippen LogP contribution in [0.25, 0.3) is 0 Å². The molecule has 16 heavy (non-hydrogen) atoms. The molecule has 2 rings (SSSR count). The lowest BCUT2D eigenvalue weighted by atomic mass is 9.51. The Morgan fingerprint density at radius 2 is 1.94 bits per heavy atom. The van der Waals surface area contributed by atoms with E-state index in [1.807, 2.05) is 13.8 Å². The summed E-state index contributed by atoms with van der Waals surface area (Å²) < 4.78 is 0. The third kappa shape index (κ3) is 1.55. The van der Waals surface area contributed by atoms with Crippen LogP contribution in [0, 0.1) is 16.7 Å². The fourth-order valence-corrected chi connectivity index (χ4v) is 3.98. The average Bonchev–Trinajstić information content (AvgIpc) is 2.11. The quantitative estimate of drug-likeness (QED) is 0.684. The molecule has 0 aromatic rings. The molecule has 0 spiro atoms. The summed E-state index contributed by atoms with van der Waals surface area (Å²) in [5.41, 5.74) is 0.586. The summed E-state index contributed by atoms with van der Waals surface area (Å²) in [6.07, 6.45) is 4.17. The molecule has 1 saturated carbocycles. The average molecular weight is 222 g/mol. The number of aliphatic hydroxyl groups is 1. The fourth-order valence-electron chi connectivity index (χ4n) is 3.98. The number of ketones is 1. The van der Waals surface area contributed by atoms with Crippen LogP contribution in [-0.2, 0) is 4.79 Å². The lowest BCUT2D eigenvalue weighted by Gasteiger charge is -2.53. The van der Waals surface area contributed by atoms with Crippen molar-refractivity contribution in [3.63, 3.8) is 0 Å². The van der Waals surface area contributed by atoms with Crippen LogP contribution in [0.15, 0.2) is 11.6 Å². The van der Waals surface area contributed by atoms with Gasteiger partial charge in [-0.1, -0.05) is 26.8 Å². The van der Waals surface area contributed by atoms with E-state index in [9.17, 15) is 9.90 Å². The summed E-state index contributed by atoms with van der Waals surface area (Å²) in [5.74, 6) is 0.621. The number of allylic oxidation sites excluding steroid dienone is 2. The van der Waals surface area contributed by atoms with Gasteiger partial charge in [-0.3, -0.25) is 4.79 Å². The largest absolute Gasteiger partial charge is 0.393 e. The molecule has 2 aliphatic carbocycles. The minimum atomic E-state index is -0.347. The first kappa shape index (κ1) is 11.8. The summed E-state index contributed by atoms with van der Waals surface area (Å²) in [6.45, 7) is 8.30. The van der Waals surface area contributed by atoms with Crippen LogP contribution in [0.1, 0.15) is 47.0 Å². The molecule has 0 heterocycles. The highest BCUT2D eigenvalue weighted by Crippen LogP contribution is 2.55. The molecule has 0 amide bonds. The normalized spacial score (nSPS) is 42.6. The van der Waals surface area contributed by atoms with Gasteiger partial charge in [0.2, 0.25) is 0 Å². The van der Waals surface area contributed by atoms with E-state index in [4.69, 9.17) is 0 Å². The van der Waals surface area contributed by atoms with Crippen molar-refractivity contribution in [2.24, 2.45) is 16.7 Å². The van der Waals surface area contributed by atoms with Crippen molar-refractivity contribution in [2.75, 3.05) is 0 Å². The van der Waals surface area contributed by atoms with Crippen molar-refractivity contribution in [2.45, 2.75) is 53.1 Å². The zero-order valence-corrected chi connectivity index (χ0v) is 10.7. The minimum absolute atomic E-state index is 0.0548. The number of carbonyl (C=O) groups excluding carboxylic acids is 1. The summed E-state index contributed by atoms with van der Waals surface area (Å²) in [7, 11) is 0. The molecule has 0 aromatic carbocycles. The van der Waals surface area contributed by atoms with Crippen LogP contribution in [0.5, 0.6) is 0 Å². The Bertz CT molecular complexity index is 354. The molecule has 2 nitrogen and oxygen atoms in total. The second-order valence-corrected chi connectivity index (χ2v) is 6.47. The smallest absolute Gasteiger partial charge is 0.164 e. The topological polar surface area (TPSA) is 37.3 Å². The van der Waals surface area contributed by atoms with Crippen molar-refractivity contribution in [1.82, 2.24) is 0 Å². The van der Waals surface area contributed by atoms with Gasteiger partial charge in [0.25, 0.3) is 0 Å². The lowest BCUT2D eigenvalue weighted by molar-refractivity contribution is -0.142. The van der Waals surface area contributed by atoms with Gasteiger partial charge in [0.05, 0.1) is 6.10 Å². The van der Waals surface area contributed by atoms with Gasteiger partial charge in [-0.25, -0.2) is 0 Å². The number of hydrogen-bond acceptors (Lipinski definition) is 2. The van der Waals surface area contributed by atoms with Gasteiger partial charge in [-0.05, 0) is 43.1 Å². The third-order valence-corrected chi connectivity index (χ3v) is 4.67. The maximum Gasteiger partial charge on any atom is 0.164 e. The molecule has 3 atom stereocenters. The highest BCUT2D eigenvalue weighted by molar-refractivity contribution is 6.00. The molecule has 2 heteroatoms. The molecule has 90 valence electrons. The van der Waals surface area contributed by atoms with E-state index in [1.165, 1.54) is 0 Å². The Kier molecular flexibility index (Phi) is 2.54. The zero-order chi connectivity index (χ0) is 12.1. The van der Waals surface area contributed by atoms with E-state index in [1.54, 1.807) is 0 Å². The standard InChI is InChI=1S/C14H22O2/c1-9-5-6-11-13(2,3)7-10(15)8-14(11,4)12(9)16/h5,10-11,15H,6-8H2,1-4H3/t10-,11+,14+/m1/s1. The van der Waals surface area contributed by atoms with E-state index < -0.39 is 0 Å². The van der Waals surface area contributed by atoms with Gasteiger partial charge in [-0.2, -0.15) is 0 Å². The summed E-state index contributed by atoms with van der Waals surface area (Å²) in [6, 6.07) is 0. The van der Waals surface area contributed by atoms with Crippen molar-refractivity contribution in [3.05, 3.63) is 11.6 Å². The number of fused-ring (bicyclic) bond motifs is 1. The van der Waals surface area contributed by atoms with Crippen molar-refractivity contribution in [1.29, 1.82) is 0 Å². The molecule has 1 fully saturated rings. The summed E-state index contributed by atoms with van der Waals surface area (Å²) in [4.78, 5) is 12.3. The van der Waals surface area contributed by atoms with Gasteiger partial charge >= 0.3 is 0 Å². The highest BCUT2D eigenvalue weighted by Gasteiger charge is 2.54. The van der Waals surface area contributed by atoms with E-state index >= 15 is 0 Å². The van der Waals surface area contributed by atoms with Crippen molar-refractivity contribution in [3.8, 4) is 0 Å². The van der Waals surface area contributed by atoms with Crippen LogP contribution < -0.4 is 0 Å². The highest BCUT2D eigenvalue weighted by atomic mass is 16.3. The van der Waals surface area contributed by atoms with Gasteiger partial charge in [-0.15, -0.1) is 0 Å². The van der Waals surface area contributed by atoms with Gasteiger partial charge in [0.15, 0.2) is 5.78 Å². The molecule has 2 aliphatic rings. The molecule has 0 saturated heterocycles. The molecule has 1 N–H and O–H groups in total. The first-order valence-electron chi connectivity index (χ1n) is 6.17. The Balaban J connectivity index is 2.45. The number of Topliss-reactive ketones (excluding diaryl/α,β-unsaturated/α-hetero) is 1. The van der Waals surface area contributed by atoms with E-state index in [0.29, 0.717) is 12.3 Å². The van der Waals surface area contributed by atoms with Gasteiger partial charge < -0.3 is 5.11 Å². The Morgan fingerprint density at radius 1 is 1.31 bits per heavy atom. The Morgan fingerprint density at radius 3 is 2.56 bits per heavy atom. The maximum atomic E-state index is 12.3. The van der Waals surface area contributed by atoms with Crippen LogP contribution in [0.2, 0.25) is 0 Å². The molecule has 0 aromatic heterocycles. The lowest BCUT2D eigenvalue weighted by Crippen LogP contribution is -2.52. The maximum absolute atomic E-state index is 12.3. The summed E-state index contributed by atoms with van der Waals surface area (Å²) in [5, 5.41) is 9.98. The zero-order valence-electron chi connectivity index (χ0n) is 10.7. The monoisotopic (exact) mass is 222 g/mol. The third-order valence-electron chi connectivity index (χ3n) is 4.67.